The Morgan fingerprint density at radius 3 is 2.63 bits per heavy atom. The number of ether oxygens (including phenoxy) is 2. The van der Waals surface area contributed by atoms with Crippen LogP contribution in [0, 0.1) is 18.3 Å². The Morgan fingerprint density at radius 1 is 1.26 bits per heavy atom. The monoisotopic (exact) mass is 387 g/mol. The lowest BCUT2D eigenvalue weighted by molar-refractivity contribution is 0.129. The lowest BCUT2D eigenvalue weighted by Crippen LogP contribution is -2.41. The first kappa shape index (κ1) is 19.1. The van der Waals surface area contributed by atoms with E-state index in [1.54, 1.807) is 43.6 Å². The van der Waals surface area contributed by atoms with Crippen LogP contribution in [0.5, 0.6) is 11.6 Å². The summed E-state index contributed by atoms with van der Waals surface area (Å²) in [6, 6.07) is 10.2. The Kier molecular flexibility index (Phi) is 5.63. The zero-order chi connectivity index (χ0) is 19.4. The molecule has 1 aliphatic rings. The van der Waals surface area contributed by atoms with E-state index in [-0.39, 0.29) is 11.0 Å². The van der Waals surface area contributed by atoms with Crippen molar-refractivity contribution >= 4 is 10.0 Å². The van der Waals surface area contributed by atoms with Gasteiger partial charge < -0.3 is 9.47 Å². The van der Waals surface area contributed by atoms with E-state index in [0.717, 1.165) is 5.56 Å². The second-order valence-electron chi connectivity index (χ2n) is 6.32. The zero-order valence-electron chi connectivity index (χ0n) is 15.3. The van der Waals surface area contributed by atoms with Gasteiger partial charge in [-0.25, -0.2) is 13.4 Å². The van der Waals surface area contributed by atoms with Gasteiger partial charge in [-0.3, -0.25) is 0 Å². The second-order valence-corrected chi connectivity index (χ2v) is 8.26. The van der Waals surface area contributed by atoms with Crippen molar-refractivity contribution in [3.8, 4) is 17.7 Å². The molecule has 0 N–H and O–H groups in total. The fourth-order valence-corrected chi connectivity index (χ4v) is 4.63. The Labute approximate surface area is 159 Å². The standard InChI is InChI=1S/C19H21N3O4S/c1-14-12-17(5-6-18(14)25-2)27(23,24)22-10-7-16(8-11-22)26-19-15(13-20)4-3-9-21-19/h3-6,9,12,16H,7-8,10-11H2,1-2H3. The molecule has 0 radical (unpaired) electrons. The Balaban J connectivity index is 1.68. The molecule has 2 aromatic rings. The molecule has 0 spiro atoms. The number of nitriles is 1. The summed E-state index contributed by atoms with van der Waals surface area (Å²) in [5.41, 5.74) is 1.15. The maximum absolute atomic E-state index is 12.9. The number of piperidine rings is 1. The van der Waals surface area contributed by atoms with Crippen molar-refractivity contribution in [3.63, 3.8) is 0 Å². The van der Waals surface area contributed by atoms with Gasteiger partial charge in [-0.05, 0) is 55.7 Å². The summed E-state index contributed by atoms with van der Waals surface area (Å²) in [7, 11) is -2.01. The summed E-state index contributed by atoms with van der Waals surface area (Å²) in [5.74, 6) is 0.955. The van der Waals surface area contributed by atoms with Crippen LogP contribution >= 0.6 is 0 Å². The lowest BCUT2D eigenvalue weighted by Gasteiger charge is -2.31. The van der Waals surface area contributed by atoms with Crippen molar-refractivity contribution in [2.45, 2.75) is 30.8 Å². The third kappa shape index (κ3) is 4.04. The van der Waals surface area contributed by atoms with Gasteiger partial charge in [-0.15, -0.1) is 0 Å². The number of hydrogen-bond donors (Lipinski definition) is 0. The van der Waals surface area contributed by atoms with E-state index < -0.39 is 10.0 Å². The fraction of sp³-hybridized carbons (Fsp3) is 0.368. The molecule has 0 aliphatic carbocycles. The molecule has 0 amide bonds. The van der Waals surface area contributed by atoms with Crippen LogP contribution < -0.4 is 9.47 Å². The molecule has 0 atom stereocenters. The minimum absolute atomic E-state index is 0.170. The van der Waals surface area contributed by atoms with Crippen LogP contribution in [0.15, 0.2) is 41.4 Å². The zero-order valence-corrected chi connectivity index (χ0v) is 16.1. The highest BCUT2D eigenvalue weighted by molar-refractivity contribution is 7.89. The third-order valence-electron chi connectivity index (χ3n) is 4.57. The summed E-state index contributed by atoms with van der Waals surface area (Å²) < 4.78 is 38.3. The molecule has 0 unspecified atom stereocenters. The van der Waals surface area contributed by atoms with Crippen LogP contribution in [0.1, 0.15) is 24.0 Å². The van der Waals surface area contributed by atoms with Gasteiger partial charge >= 0.3 is 0 Å². The third-order valence-corrected chi connectivity index (χ3v) is 6.47. The summed E-state index contributed by atoms with van der Waals surface area (Å²) in [6.07, 6.45) is 2.48. The largest absolute Gasteiger partial charge is 0.496 e. The number of benzene rings is 1. The van der Waals surface area contributed by atoms with Crippen LogP contribution in [0.4, 0.5) is 0 Å². The molecule has 2 heterocycles. The highest BCUT2D eigenvalue weighted by Crippen LogP contribution is 2.27. The van der Waals surface area contributed by atoms with E-state index >= 15 is 0 Å². The average molecular weight is 387 g/mol. The molecule has 1 aromatic carbocycles. The summed E-state index contributed by atoms with van der Waals surface area (Å²) >= 11 is 0. The Morgan fingerprint density at radius 2 is 2.00 bits per heavy atom. The van der Waals surface area contributed by atoms with Gasteiger partial charge in [0.25, 0.3) is 0 Å². The smallest absolute Gasteiger partial charge is 0.243 e. The Bertz CT molecular complexity index is 961. The van der Waals surface area contributed by atoms with Gasteiger partial charge in [0, 0.05) is 19.3 Å². The number of hydrogen-bond acceptors (Lipinski definition) is 6. The molecule has 8 heteroatoms. The molecule has 27 heavy (non-hydrogen) atoms. The predicted octanol–water partition coefficient (Wildman–Crippen LogP) is 2.50. The normalized spacial score (nSPS) is 15.9. The first-order valence-corrected chi connectivity index (χ1v) is 10.1. The van der Waals surface area contributed by atoms with Crippen molar-refractivity contribution in [2.24, 2.45) is 0 Å². The van der Waals surface area contributed by atoms with Crippen molar-refractivity contribution in [1.29, 1.82) is 5.26 Å². The van der Waals surface area contributed by atoms with Gasteiger partial charge in [0.15, 0.2) is 0 Å². The summed E-state index contributed by atoms with van der Waals surface area (Å²) in [5, 5.41) is 9.12. The molecule has 1 fully saturated rings. The molecular formula is C19H21N3O4S. The fourth-order valence-electron chi connectivity index (χ4n) is 3.08. The molecule has 3 rings (SSSR count). The van der Waals surface area contributed by atoms with Crippen LogP contribution in [0.2, 0.25) is 0 Å². The number of rotatable bonds is 5. The number of aromatic nitrogens is 1. The highest BCUT2D eigenvalue weighted by Gasteiger charge is 2.31. The first-order valence-electron chi connectivity index (χ1n) is 8.62. The quantitative estimate of drug-likeness (QED) is 0.783. The lowest BCUT2D eigenvalue weighted by atomic mass is 10.1. The van der Waals surface area contributed by atoms with Crippen LogP contribution in [-0.2, 0) is 10.0 Å². The van der Waals surface area contributed by atoms with Crippen LogP contribution in [0.25, 0.3) is 0 Å². The second kappa shape index (κ2) is 7.94. The van der Waals surface area contributed by atoms with Gasteiger partial charge in [-0.1, -0.05) is 0 Å². The summed E-state index contributed by atoms with van der Waals surface area (Å²) in [6.45, 7) is 2.52. The van der Waals surface area contributed by atoms with E-state index in [1.807, 2.05) is 6.92 Å². The molecular weight excluding hydrogens is 366 g/mol. The molecule has 1 aliphatic heterocycles. The maximum atomic E-state index is 12.9. The minimum Gasteiger partial charge on any atom is -0.496 e. The topological polar surface area (TPSA) is 92.5 Å². The van der Waals surface area contributed by atoms with Crippen molar-refractivity contribution in [3.05, 3.63) is 47.7 Å². The number of nitrogens with zero attached hydrogens (tertiary/aromatic N) is 3. The van der Waals surface area contributed by atoms with Crippen LogP contribution in [0.3, 0.4) is 0 Å². The predicted molar refractivity (Wildman–Crippen MR) is 99.1 cm³/mol. The van der Waals surface area contributed by atoms with Crippen LogP contribution in [-0.4, -0.2) is 44.0 Å². The molecule has 1 saturated heterocycles. The highest BCUT2D eigenvalue weighted by atomic mass is 32.2. The summed E-state index contributed by atoms with van der Waals surface area (Å²) in [4.78, 5) is 4.36. The number of aryl methyl sites for hydroxylation is 1. The molecule has 7 nitrogen and oxygen atoms in total. The van der Waals surface area contributed by atoms with E-state index in [4.69, 9.17) is 14.7 Å². The van der Waals surface area contributed by atoms with Gasteiger partial charge in [0.05, 0.1) is 12.0 Å². The first-order chi connectivity index (χ1) is 13.0. The number of sulfonamides is 1. The Hall–Kier alpha value is -2.63. The van der Waals surface area contributed by atoms with Crippen molar-refractivity contribution in [2.75, 3.05) is 20.2 Å². The van der Waals surface area contributed by atoms with E-state index in [2.05, 4.69) is 11.1 Å². The van der Waals surface area contributed by atoms with E-state index in [9.17, 15) is 8.42 Å². The molecule has 0 saturated carbocycles. The molecule has 1 aromatic heterocycles. The SMILES string of the molecule is COc1ccc(S(=O)(=O)N2CCC(Oc3ncccc3C#N)CC2)cc1C. The van der Waals surface area contributed by atoms with E-state index in [0.29, 0.717) is 43.1 Å². The average Bonchev–Trinajstić information content (AvgIpc) is 2.68. The van der Waals surface area contributed by atoms with Gasteiger partial charge in [0.2, 0.25) is 15.9 Å². The van der Waals surface area contributed by atoms with Crippen molar-refractivity contribution in [1.82, 2.24) is 9.29 Å². The van der Waals surface area contributed by atoms with Gasteiger partial charge in [-0.2, -0.15) is 9.57 Å². The molecule has 0 bridgehead atoms. The van der Waals surface area contributed by atoms with E-state index in [1.165, 1.54) is 4.31 Å². The molecule has 142 valence electrons. The maximum Gasteiger partial charge on any atom is 0.243 e. The van der Waals surface area contributed by atoms with Crippen molar-refractivity contribution < 1.29 is 17.9 Å². The number of pyridine rings is 1. The minimum atomic E-state index is -3.56. The number of methoxy groups -OCH3 is 1. The van der Waals surface area contributed by atoms with Gasteiger partial charge in [0.1, 0.15) is 23.5 Å².